The van der Waals surface area contributed by atoms with Crippen LogP contribution in [-0.4, -0.2) is 35.9 Å². The van der Waals surface area contributed by atoms with Crippen molar-refractivity contribution in [3.63, 3.8) is 0 Å². The molecule has 6 N–H and O–H groups in total. The van der Waals surface area contributed by atoms with Gasteiger partial charge in [-0.15, -0.1) is 11.3 Å². The number of carbonyl (C=O) groups excluding carboxylic acids is 2. The second-order valence-corrected chi connectivity index (χ2v) is 8.08. The van der Waals surface area contributed by atoms with E-state index in [9.17, 15) is 4.79 Å². The molecule has 1 aliphatic heterocycles. The molecule has 156 valence electrons. The molecule has 0 spiro atoms. The van der Waals surface area contributed by atoms with Crippen molar-refractivity contribution in [2.75, 3.05) is 7.05 Å². The molecule has 8 nitrogen and oxygen atoms in total. The second kappa shape index (κ2) is 8.95. The van der Waals surface area contributed by atoms with Gasteiger partial charge in [0.1, 0.15) is 11.3 Å². The number of carbonyl (C=O) groups is 2. The summed E-state index contributed by atoms with van der Waals surface area (Å²) < 4.78 is 5.77. The van der Waals surface area contributed by atoms with Crippen LogP contribution in [-0.2, 0) is 10.3 Å². The zero-order valence-corrected chi connectivity index (χ0v) is 17.8. The molecule has 0 fully saturated rings. The Labute approximate surface area is 174 Å². The first-order valence-electron chi connectivity index (χ1n) is 9.04. The standard InChI is InChI=1S/C19H23N3O2S.CH4N2O/c1-12(2)24-15-7-5-6-13(8-15)14-9-16(25-11-14)19(3)10-17(23)22(4)18(20)21-19;2-1(3)4/h5-9,11-12H,10H2,1-4H3,(H2,20,21);(H4,2,3,4)/t19-;/m0./s1. The van der Waals surface area contributed by atoms with Gasteiger partial charge in [0, 0.05) is 11.9 Å². The van der Waals surface area contributed by atoms with E-state index in [4.69, 9.17) is 15.3 Å². The van der Waals surface area contributed by atoms with Crippen LogP contribution in [0.3, 0.4) is 0 Å². The van der Waals surface area contributed by atoms with Crippen LogP contribution in [0, 0.1) is 0 Å². The third kappa shape index (κ3) is 5.71. The minimum atomic E-state index is -0.833. The lowest BCUT2D eigenvalue weighted by Gasteiger charge is -2.32. The molecule has 1 aliphatic rings. The first kappa shape index (κ1) is 22.2. The maximum atomic E-state index is 12.2. The zero-order valence-electron chi connectivity index (χ0n) is 17.0. The Morgan fingerprint density at radius 1 is 1.28 bits per heavy atom. The Hall–Kier alpha value is -3.07. The predicted molar refractivity (Wildman–Crippen MR) is 116 cm³/mol. The van der Waals surface area contributed by atoms with E-state index < -0.39 is 11.6 Å². The molecule has 0 bridgehead atoms. The van der Waals surface area contributed by atoms with Crippen molar-refractivity contribution in [1.82, 2.24) is 4.90 Å². The third-order valence-corrected chi connectivity index (χ3v) is 5.43. The number of amides is 3. The highest BCUT2D eigenvalue weighted by Crippen LogP contribution is 2.39. The van der Waals surface area contributed by atoms with Gasteiger partial charge in [0.15, 0.2) is 5.96 Å². The molecule has 0 unspecified atom stereocenters. The van der Waals surface area contributed by atoms with Crippen molar-refractivity contribution in [3.8, 4) is 16.9 Å². The quantitative estimate of drug-likeness (QED) is 0.704. The summed E-state index contributed by atoms with van der Waals surface area (Å²) in [6.45, 7) is 5.98. The van der Waals surface area contributed by atoms with E-state index in [0.29, 0.717) is 6.42 Å². The van der Waals surface area contributed by atoms with Gasteiger partial charge in [-0.05, 0) is 55.5 Å². The number of urea groups is 1. The molecule has 1 atom stereocenters. The average molecular weight is 418 g/mol. The van der Waals surface area contributed by atoms with Crippen LogP contribution in [0.15, 0.2) is 40.7 Å². The summed E-state index contributed by atoms with van der Waals surface area (Å²) in [5, 5.41) is 2.09. The fourth-order valence-electron chi connectivity index (χ4n) is 2.84. The fourth-order valence-corrected chi connectivity index (χ4v) is 3.87. The van der Waals surface area contributed by atoms with Crippen molar-refractivity contribution in [2.24, 2.45) is 22.2 Å². The van der Waals surface area contributed by atoms with Crippen LogP contribution in [0.1, 0.15) is 32.1 Å². The Bertz CT molecular complexity index is 920. The second-order valence-electron chi connectivity index (χ2n) is 7.17. The van der Waals surface area contributed by atoms with Gasteiger partial charge in [-0.25, -0.2) is 9.79 Å². The molecular formula is C20H27N5O3S. The smallest absolute Gasteiger partial charge is 0.309 e. The Morgan fingerprint density at radius 3 is 2.52 bits per heavy atom. The maximum absolute atomic E-state index is 12.2. The highest BCUT2D eigenvalue weighted by molar-refractivity contribution is 7.10. The lowest BCUT2D eigenvalue weighted by Crippen LogP contribution is -2.47. The van der Waals surface area contributed by atoms with Crippen molar-refractivity contribution in [3.05, 3.63) is 40.6 Å². The molecule has 29 heavy (non-hydrogen) atoms. The SMILES string of the molecule is CC(C)Oc1cccc(-c2csc([C@]3(C)CC(=O)N(C)C(N)=N3)c2)c1.NC(N)=O. The number of hydrogen-bond acceptors (Lipinski definition) is 6. The number of nitrogens with zero attached hydrogens (tertiary/aromatic N) is 2. The van der Waals surface area contributed by atoms with Crippen molar-refractivity contribution < 1.29 is 14.3 Å². The topological polar surface area (TPSA) is 137 Å². The number of benzene rings is 1. The van der Waals surface area contributed by atoms with E-state index in [-0.39, 0.29) is 18.0 Å². The predicted octanol–water partition coefficient (Wildman–Crippen LogP) is 2.62. The van der Waals surface area contributed by atoms with Gasteiger partial charge >= 0.3 is 6.03 Å². The molecule has 1 aromatic carbocycles. The van der Waals surface area contributed by atoms with Crippen molar-refractivity contribution in [2.45, 2.75) is 38.8 Å². The molecule has 0 saturated carbocycles. The first-order valence-corrected chi connectivity index (χ1v) is 9.92. The summed E-state index contributed by atoms with van der Waals surface area (Å²) in [7, 11) is 1.65. The summed E-state index contributed by atoms with van der Waals surface area (Å²) in [6.07, 6.45) is 0.454. The number of thiophene rings is 1. The van der Waals surface area contributed by atoms with Gasteiger partial charge in [-0.3, -0.25) is 9.69 Å². The van der Waals surface area contributed by atoms with E-state index in [1.807, 2.05) is 39.0 Å². The number of primary amides is 2. The van der Waals surface area contributed by atoms with Crippen LogP contribution < -0.4 is 21.9 Å². The van der Waals surface area contributed by atoms with E-state index >= 15 is 0 Å². The minimum Gasteiger partial charge on any atom is -0.491 e. The Morgan fingerprint density at radius 2 is 1.93 bits per heavy atom. The van der Waals surface area contributed by atoms with E-state index in [1.165, 1.54) is 4.90 Å². The van der Waals surface area contributed by atoms with Crippen LogP contribution in [0.4, 0.5) is 4.79 Å². The summed E-state index contributed by atoms with van der Waals surface area (Å²) in [4.78, 5) is 28.2. The largest absolute Gasteiger partial charge is 0.491 e. The van der Waals surface area contributed by atoms with Crippen molar-refractivity contribution >= 4 is 29.2 Å². The zero-order chi connectivity index (χ0) is 21.8. The molecule has 9 heteroatoms. The normalized spacial score (nSPS) is 18.7. The van der Waals surface area contributed by atoms with E-state index in [2.05, 4.69) is 34.0 Å². The third-order valence-electron chi connectivity index (χ3n) is 4.24. The van der Waals surface area contributed by atoms with Crippen LogP contribution in [0.25, 0.3) is 11.1 Å². The highest BCUT2D eigenvalue weighted by atomic mass is 32.1. The molecule has 3 rings (SSSR count). The minimum absolute atomic E-state index is 0.0164. The number of guanidine groups is 1. The summed E-state index contributed by atoms with van der Waals surface area (Å²) in [5.41, 5.74) is 16.0. The van der Waals surface area contributed by atoms with Gasteiger partial charge in [-0.2, -0.15) is 0 Å². The maximum Gasteiger partial charge on any atom is 0.309 e. The number of aliphatic imine (C=N–C) groups is 1. The summed E-state index contributed by atoms with van der Waals surface area (Å²) in [5.74, 6) is 1.10. The molecule has 2 aromatic rings. The number of nitrogens with two attached hydrogens (primary N) is 3. The van der Waals surface area contributed by atoms with Gasteiger partial charge in [0.25, 0.3) is 0 Å². The van der Waals surface area contributed by atoms with E-state index in [1.54, 1.807) is 18.4 Å². The van der Waals surface area contributed by atoms with Gasteiger partial charge in [0.2, 0.25) is 5.91 Å². The van der Waals surface area contributed by atoms with Gasteiger partial charge < -0.3 is 21.9 Å². The van der Waals surface area contributed by atoms with Crippen LogP contribution in [0.2, 0.25) is 0 Å². The number of hydrogen-bond donors (Lipinski definition) is 3. The molecule has 3 amide bonds. The number of ether oxygens (including phenoxy) is 1. The molecule has 0 aliphatic carbocycles. The average Bonchev–Trinajstić information content (AvgIpc) is 3.10. The molecule has 1 aromatic heterocycles. The van der Waals surface area contributed by atoms with Gasteiger partial charge in [-0.1, -0.05) is 12.1 Å². The lowest BCUT2D eigenvalue weighted by atomic mass is 9.93. The summed E-state index contributed by atoms with van der Waals surface area (Å²) in [6, 6.07) is 9.29. The highest BCUT2D eigenvalue weighted by Gasteiger charge is 2.37. The van der Waals surface area contributed by atoms with Crippen LogP contribution >= 0.6 is 11.3 Å². The fraction of sp³-hybridized carbons (Fsp3) is 0.350. The molecular weight excluding hydrogens is 390 g/mol. The lowest BCUT2D eigenvalue weighted by molar-refractivity contribution is -0.128. The Kier molecular flexibility index (Phi) is 6.86. The van der Waals surface area contributed by atoms with Crippen LogP contribution in [0.5, 0.6) is 5.75 Å². The molecule has 0 saturated heterocycles. The molecule has 2 heterocycles. The summed E-state index contributed by atoms with van der Waals surface area (Å²) >= 11 is 1.60. The van der Waals surface area contributed by atoms with Gasteiger partial charge in [0.05, 0.1) is 12.5 Å². The monoisotopic (exact) mass is 417 g/mol. The first-order chi connectivity index (χ1) is 13.5. The Balaban J connectivity index is 0.000000687. The molecule has 0 radical (unpaired) electrons. The van der Waals surface area contributed by atoms with E-state index in [0.717, 1.165) is 21.8 Å². The number of rotatable bonds is 4. The van der Waals surface area contributed by atoms with Crippen molar-refractivity contribution in [1.29, 1.82) is 0 Å².